The van der Waals surface area contributed by atoms with Crippen molar-refractivity contribution in [2.24, 2.45) is 0 Å². The second-order valence-corrected chi connectivity index (χ2v) is 11.9. The van der Waals surface area contributed by atoms with Crippen molar-refractivity contribution in [2.75, 3.05) is 13.2 Å². The van der Waals surface area contributed by atoms with E-state index in [1.807, 2.05) is 0 Å². The number of hydrogen-bond acceptors (Lipinski definition) is 6. The minimum Gasteiger partial charge on any atom is -0.305 e. The highest BCUT2D eigenvalue weighted by atomic mass is 35.6. The number of halogens is 7. The van der Waals surface area contributed by atoms with Crippen molar-refractivity contribution < 1.29 is 18.0 Å². The molecular weight excluding hydrogens is 533 g/mol. The van der Waals surface area contributed by atoms with Gasteiger partial charge in [-0.05, 0) is 32.0 Å². The Labute approximate surface area is 196 Å². The lowest BCUT2D eigenvalue weighted by molar-refractivity contribution is 0.230. The summed E-state index contributed by atoms with van der Waals surface area (Å²) in [6.07, 6.45) is 0. The van der Waals surface area contributed by atoms with Gasteiger partial charge in [0.25, 0.3) is 0 Å². The van der Waals surface area contributed by atoms with Crippen molar-refractivity contribution >= 4 is 82.5 Å². The van der Waals surface area contributed by atoms with E-state index in [1.165, 1.54) is 12.1 Å². The van der Waals surface area contributed by atoms with E-state index in [0.717, 1.165) is 6.07 Å². The summed E-state index contributed by atoms with van der Waals surface area (Å²) in [6.45, 7) is 3.48. The highest BCUT2D eigenvalue weighted by Gasteiger charge is 2.35. The summed E-state index contributed by atoms with van der Waals surface area (Å²) >= 11 is 34.9. The summed E-state index contributed by atoms with van der Waals surface area (Å²) in [4.78, 5) is 11.7. The molecular formula is C15H13Cl6FN3O3P. The summed E-state index contributed by atoms with van der Waals surface area (Å²) < 4.78 is 33.9. The predicted molar refractivity (Wildman–Crippen MR) is 114 cm³/mol. The maximum atomic E-state index is 14.9. The zero-order chi connectivity index (χ0) is 22.0. The number of alkyl halides is 6. The van der Waals surface area contributed by atoms with Gasteiger partial charge in [-0.25, -0.2) is 19.3 Å². The average molecular weight is 546 g/mol. The molecule has 6 nitrogen and oxygen atoms in total. The van der Waals surface area contributed by atoms with Crippen molar-refractivity contribution in [2.45, 2.75) is 21.4 Å². The van der Waals surface area contributed by atoms with E-state index < -0.39 is 21.0 Å². The number of benzene rings is 1. The Bertz CT molecular complexity index is 896. The standard InChI is InChI=1S/C15H13Cl6FN3O3P/c1-3-27-29(26,28-4-2)8-5-6-9(10(22)7-8)11-23-12(14(16,17)18)25-13(24-11)15(19,20)21/h5-7H,3-4H2,1-2H3. The molecule has 0 saturated heterocycles. The van der Waals surface area contributed by atoms with Gasteiger partial charge < -0.3 is 9.05 Å². The van der Waals surface area contributed by atoms with Gasteiger partial charge in [-0.1, -0.05) is 69.6 Å². The molecule has 160 valence electrons. The van der Waals surface area contributed by atoms with E-state index in [4.69, 9.17) is 78.7 Å². The Morgan fingerprint density at radius 2 is 1.41 bits per heavy atom. The van der Waals surface area contributed by atoms with E-state index in [0.29, 0.717) is 0 Å². The average Bonchev–Trinajstić information content (AvgIpc) is 2.60. The molecule has 0 N–H and O–H groups in total. The SMILES string of the molecule is CCOP(=O)(OCC)c1ccc(-c2nc(C(Cl)(Cl)Cl)nc(C(Cl)(Cl)Cl)n2)c(F)c1. The third-order valence-electron chi connectivity index (χ3n) is 3.25. The molecule has 1 aromatic heterocycles. The van der Waals surface area contributed by atoms with Crippen LogP contribution >= 0.6 is 77.2 Å². The van der Waals surface area contributed by atoms with Gasteiger partial charge in [-0.15, -0.1) is 0 Å². The minimum atomic E-state index is -3.70. The number of rotatable bonds is 6. The zero-order valence-corrected chi connectivity index (χ0v) is 20.2. The molecule has 0 unspecified atom stereocenters. The normalized spacial score (nSPS) is 13.0. The fourth-order valence-electron chi connectivity index (χ4n) is 2.13. The van der Waals surface area contributed by atoms with Crippen molar-refractivity contribution in [1.29, 1.82) is 0 Å². The molecule has 0 aliphatic rings. The van der Waals surface area contributed by atoms with E-state index >= 15 is 0 Å². The van der Waals surface area contributed by atoms with E-state index in [2.05, 4.69) is 15.0 Å². The first kappa shape index (κ1) is 25.3. The molecule has 0 atom stereocenters. The van der Waals surface area contributed by atoms with Crippen molar-refractivity contribution in [3.05, 3.63) is 35.7 Å². The Morgan fingerprint density at radius 1 is 0.931 bits per heavy atom. The van der Waals surface area contributed by atoms with E-state index in [9.17, 15) is 8.96 Å². The monoisotopic (exact) mass is 543 g/mol. The van der Waals surface area contributed by atoms with E-state index in [1.54, 1.807) is 13.8 Å². The molecule has 2 rings (SSSR count). The Morgan fingerprint density at radius 3 is 1.79 bits per heavy atom. The van der Waals surface area contributed by atoms with Crippen LogP contribution in [0.5, 0.6) is 0 Å². The largest absolute Gasteiger partial charge is 0.361 e. The van der Waals surface area contributed by atoms with Crippen LogP contribution in [0.4, 0.5) is 4.39 Å². The molecule has 0 fully saturated rings. The van der Waals surface area contributed by atoms with Gasteiger partial charge in [0.05, 0.1) is 24.1 Å². The molecule has 1 aromatic carbocycles. The molecule has 29 heavy (non-hydrogen) atoms. The number of hydrogen-bond donors (Lipinski definition) is 0. The smallest absolute Gasteiger partial charge is 0.305 e. The van der Waals surface area contributed by atoms with Crippen LogP contribution in [0.1, 0.15) is 25.5 Å². The fourth-order valence-corrected chi connectivity index (χ4v) is 4.22. The first-order valence-corrected chi connectivity index (χ1v) is 11.7. The van der Waals surface area contributed by atoms with Gasteiger partial charge in [-0.3, -0.25) is 4.57 Å². The fraction of sp³-hybridized carbons (Fsp3) is 0.400. The van der Waals surface area contributed by atoms with E-state index in [-0.39, 0.29) is 41.6 Å². The van der Waals surface area contributed by atoms with Crippen molar-refractivity contribution in [3.8, 4) is 11.4 Å². The number of nitrogens with zero attached hydrogens (tertiary/aromatic N) is 3. The van der Waals surface area contributed by atoms with Gasteiger partial charge in [0, 0.05) is 0 Å². The number of aromatic nitrogens is 3. The Balaban J connectivity index is 2.62. The summed E-state index contributed by atoms with van der Waals surface area (Å²) in [6, 6.07) is 3.59. The van der Waals surface area contributed by atoms with Crippen LogP contribution in [0, 0.1) is 5.82 Å². The van der Waals surface area contributed by atoms with Gasteiger partial charge in [0.1, 0.15) is 5.82 Å². The molecule has 0 saturated carbocycles. The third kappa shape index (κ3) is 6.28. The summed E-state index contributed by atoms with van der Waals surface area (Å²) in [7, 11) is -3.70. The molecule has 1 heterocycles. The summed E-state index contributed by atoms with van der Waals surface area (Å²) in [5, 5.41) is 0.0136. The second kappa shape index (κ2) is 9.68. The third-order valence-corrected chi connectivity index (χ3v) is 6.37. The van der Waals surface area contributed by atoms with Gasteiger partial charge in [0.2, 0.25) is 7.59 Å². The zero-order valence-electron chi connectivity index (χ0n) is 14.8. The molecule has 0 aliphatic heterocycles. The van der Waals surface area contributed by atoms with Crippen LogP contribution < -0.4 is 5.30 Å². The maximum Gasteiger partial charge on any atom is 0.361 e. The van der Waals surface area contributed by atoms with Crippen molar-refractivity contribution in [3.63, 3.8) is 0 Å². The van der Waals surface area contributed by atoms with Gasteiger partial charge >= 0.3 is 7.60 Å². The van der Waals surface area contributed by atoms with Crippen LogP contribution in [0.15, 0.2) is 18.2 Å². The summed E-state index contributed by atoms with van der Waals surface area (Å²) in [5.41, 5.74) is -0.137. The first-order valence-electron chi connectivity index (χ1n) is 7.92. The quantitative estimate of drug-likeness (QED) is 0.317. The van der Waals surface area contributed by atoms with Crippen LogP contribution in [0.3, 0.4) is 0 Å². The molecule has 0 spiro atoms. The van der Waals surface area contributed by atoms with Gasteiger partial charge in [0.15, 0.2) is 17.5 Å². The molecule has 0 aliphatic carbocycles. The lowest BCUT2D eigenvalue weighted by atomic mass is 10.2. The van der Waals surface area contributed by atoms with Crippen LogP contribution in [-0.4, -0.2) is 28.2 Å². The topological polar surface area (TPSA) is 74.2 Å². The summed E-state index contributed by atoms with van der Waals surface area (Å²) in [5.74, 6) is -1.84. The van der Waals surface area contributed by atoms with Crippen LogP contribution in [-0.2, 0) is 21.2 Å². The predicted octanol–water partition coefficient (Wildman–Crippen LogP) is 6.22. The molecule has 0 radical (unpaired) electrons. The Kier molecular flexibility index (Phi) is 8.45. The molecule has 2 aromatic rings. The highest BCUT2D eigenvalue weighted by Crippen LogP contribution is 2.47. The maximum absolute atomic E-state index is 14.9. The first-order chi connectivity index (χ1) is 13.3. The van der Waals surface area contributed by atoms with Crippen molar-refractivity contribution in [1.82, 2.24) is 15.0 Å². The highest BCUT2D eigenvalue weighted by molar-refractivity contribution is 7.62. The lowest BCUT2D eigenvalue weighted by Gasteiger charge is -2.18. The second-order valence-electron chi connectivity index (χ2n) is 5.30. The molecule has 14 heteroatoms. The van der Waals surface area contributed by atoms with Crippen LogP contribution in [0.2, 0.25) is 0 Å². The van der Waals surface area contributed by atoms with Crippen LogP contribution in [0.25, 0.3) is 11.4 Å². The lowest BCUT2D eigenvalue weighted by Crippen LogP contribution is -2.17. The molecule has 0 bridgehead atoms. The molecule has 0 amide bonds. The minimum absolute atomic E-state index is 0.0136. The Hall–Kier alpha value is 0.0500. The van der Waals surface area contributed by atoms with Gasteiger partial charge in [-0.2, -0.15) is 0 Å².